The number of anilines is 2. The van der Waals surface area contributed by atoms with Gasteiger partial charge < -0.3 is 29.3 Å². The molecule has 2 fully saturated rings. The van der Waals surface area contributed by atoms with Gasteiger partial charge in [0.25, 0.3) is 5.91 Å². The molecule has 0 aliphatic carbocycles. The molecular formula is C23H32N6O4. The van der Waals surface area contributed by atoms with Gasteiger partial charge in [-0.2, -0.15) is 0 Å². The summed E-state index contributed by atoms with van der Waals surface area (Å²) in [7, 11) is 1.61. The second-order valence-corrected chi connectivity index (χ2v) is 8.13. The Morgan fingerprint density at radius 3 is 1.91 bits per heavy atom. The number of β-amino-alcohol motifs (C(OH)–C–C–N with tert-alkyl or cyclic N) is 1. The van der Waals surface area contributed by atoms with E-state index < -0.39 is 0 Å². The Kier molecular flexibility index (Phi) is 7.79. The number of benzene rings is 1. The molecule has 178 valence electrons. The summed E-state index contributed by atoms with van der Waals surface area (Å²) in [4.78, 5) is 21.0. The van der Waals surface area contributed by atoms with Gasteiger partial charge in [-0.1, -0.05) is 0 Å². The van der Waals surface area contributed by atoms with Crippen molar-refractivity contribution in [1.82, 2.24) is 20.0 Å². The molecule has 10 heteroatoms. The normalized spacial score (nSPS) is 17.2. The Balaban J connectivity index is 1.22. The summed E-state index contributed by atoms with van der Waals surface area (Å²) in [5.41, 5.74) is 0. The Morgan fingerprint density at radius 2 is 1.39 bits per heavy atom. The van der Waals surface area contributed by atoms with Gasteiger partial charge in [-0.25, -0.2) is 0 Å². The van der Waals surface area contributed by atoms with Crippen LogP contribution < -0.4 is 19.3 Å². The first kappa shape index (κ1) is 23.1. The summed E-state index contributed by atoms with van der Waals surface area (Å²) in [6.07, 6.45) is 0. The Bertz CT molecular complexity index is 879. The number of amides is 1. The average Bonchev–Trinajstić information content (AvgIpc) is 2.88. The first-order valence-corrected chi connectivity index (χ1v) is 11.4. The zero-order chi connectivity index (χ0) is 23.0. The van der Waals surface area contributed by atoms with E-state index in [9.17, 15) is 4.79 Å². The van der Waals surface area contributed by atoms with Crippen LogP contribution in [0.3, 0.4) is 0 Å². The van der Waals surface area contributed by atoms with Crippen LogP contribution >= 0.6 is 0 Å². The highest BCUT2D eigenvalue weighted by atomic mass is 16.5. The molecule has 1 amide bonds. The quantitative estimate of drug-likeness (QED) is 0.603. The summed E-state index contributed by atoms with van der Waals surface area (Å²) >= 11 is 0. The van der Waals surface area contributed by atoms with Crippen molar-refractivity contribution in [3.05, 3.63) is 36.4 Å². The van der Waals surface area contributed by atoms with Crippen molar-refractivity contribution < 1.29 is 19.4 Å². The van der Waals surface area contributed by atoms with E-state index in [1.165, 1.54) is 0 Å². The van der Waals surface area contributed by atoms with Crippen molar-refractivity contribution in [3.63, 3.8) is 0 Å². The number of piperazine rings is 2. The predicted octanol–water partition coefficient (Wildman–Crippen LogP) is 0.327. The maximum atomic E-state index is 12.5. The Labute approximate surface area is 194 Å². The molecule has 0 bridgehead atoms. The van der Waals surface area contributed by atoms with E-state index in [0.29, 0.717) is 31.9 Å². The van der Waals surface area contributed by atoms with E-state index in [-0.39, 0.29) is 19.1 Å². The lowest BCUT2D eigenvalue weighted by Crippen LogP contribution is -2.50. The highest BCUT2D eigenvalue weighted by Gasteiger charge is 2.23. The van der Waals surface area contributed by atoms with Gasteiger partial charge in [-0.05, 0) is 36.4 Å². The number of carbonyl (C=O) groups is 1. The van der Waals surface area contributed by atoms with Crippen LogP contribution in [0.15, 0.2) is 36.4 Å². The first-order valence-electron chi connectivity index (χ1n) is 11.4. The van der Waals surface area contributed by atoms with Crippen molar-refractivity contribution in [2.45, 2.75) is 0 Å². The Morgan fingerprint density at radius 1 is 0.848 bits per heavy atom. The summed E-state index contributed by atoms with van der Waals surface area (Å²) in [5, 5.41) is 17.9. The summed E-state index contributed by atoms with van der Waals surface area (Å²) in [6.45, 7) is 7.22. The molecule has 2 aromatic rings. The van der Waals surface area contributed by atoms with E-state index in [1.54, 1.807) is 19.2 Å². The number of aliphatic hydroxyl groups excluding tert-OH is 1. The standard InChI is InChI=1S/C23H32N6O4/c1-32-19-2-4-20(5-3-19)33-18-23(31)29-14-12-28(13-15-29)22-7-6-21(24-25-22)27-10-8-26(9-11-27)16-17-30/h2-7,30H,8-18H2,1H3. The maximum Gasteiger partial charge on any atom is 0.260 e. The van der Waals surface area contributed by atoms with Gasteiger partial charge in [0.15, 0.2) is 18.2 Å². The van der Waals surface area contributed by atoms with Crippen LogP contribution in [0.2, 0.25) is 0 Å². The minimum Gasteiger partial charge on any atom is -0.497 e. The molecule has 0 atom stereocenters. The fourth-order valence-corrected chi connectivity index (χ4v) is 4.09. The minimum absolute atomic E-state index is 0.0202. The second kappa shape index (κ2) is 11.2. The summed E-state index contributed by atoms with van der Waals surface area (Å²) in [5.74, 6) is 3.09. The zero-order valence-corrected chi connectivity index (χ0v) is 19.1. The first-order chi connectivity index (χ1) is 16.2. The molecule has 0 spiro atoms. The number of methoxy groups -OCH3 is 1. The highest BCUT2D eigenvalue weighted by Crippen LogP contribution is 2.19. The third kappa shape index (κ3) is 6.02. The molecule has 33 heavy (non-hydrogen) atoms. The largest absolute Gasteiger partial charge is 0.497 e. The van der Waals surface area contributed by atoms with Gasteiger partial charge in [0, 0.05) is 58.9 Å². The van der Waals surface area contributed by atoms with Crippen molar-refractivity contribution in [1.29, 1.82) is 0 Å². The number of ether oxygens (including phenoxy) is 2. The van der Waals surface area contributed by atoms with Gasteiger partial charge in [-0.15, -0.1) is 10.2 Å². The molecular weight excluding hydrogens is 424 g/mol. The van der Waals surface area contributed by atoms with Crippen LogP contribution in [0.4, 0.5) is 11.6 Å². The van der Waals surface area contributed by atoms with Crippen molar-refractivity contribution >= 4 is 17.5 Å². The van der Waals surface area contributed by atoms with Crippen LogP contribution in [0, 0.1) is 0 Å². The van der Waals surface area contributed by atoms with E-state index in [0.717, 1.165) is 50.1 Å². The number of nitrogens with zero attached hydrogens (tertiary/aromatic N) is 6. The number of aliphatic hydroxyl groups is 1. The smallest absolute Gasteiger partial charge is 0.260 e. The van der Waals surface area contributed by atoms with Crippen LogP contribution in [-0.4, -0.2) is 110 Å². The fourth-order valence-electron chi connectivity index (χ4n) is 4.09. The summed E-state index contributed by atoms with van der Waals surface area (Å²) in [6, 6.07) is 11.2. The number of hydrogen-bond donors (Lipinski definition) is 1. The fraction of sp³-hybridized carbons (Fsp3) is 0.522. The molecule has 0 saturated carbocycles. The third-order valence-electron chi connectivity index (χ3n) is 6.13. The van der Waals surface area contributed by atoms with Crippen molar-refractivity contribution in [3.8, 4) is 11.5 Å². The van der Waals surface area contributed by atoms with Crippen molar-refractivity contribution in [2.24, 2.45) is 0 Å². The molecule has 2 aliphatic rings. The van der Waals surface area contributed by atoms with Gasteiger partial charge >= 0.3 is 0 Å². The molecule has 0 radical (unpaired) electrons. The zero-order valence-electron chi connectivity index (χ0n) is 19.1. The average molecular weight is 457 g/mol. The molecule has 2 aliphatic heterocycles. The van der Waals surface area contributed by atoms with E-state index in [2.05, 4.69) is 24.9 Å². The molecule has 2 saturated heterocycles. The van der Waals surface area contributed by atoms with Crippen LogP contribution in [0.5, 0.6) is 11.5 Å². The van der Waals surface area contributed by atoms with E-state index in [1.807, 2.05) is 29.2 Å². The van der Waals surface area contributed by atoms with Gasteiger partial charge in [-0.3, -0.25) is 9.69 Å². The molecule has 3 heterocycles. The second-order valence-electron chi connectivity index (χ2n) is 8.13. The van der Waals surface area contributed by atoms with Crippen LogP contribution in [-0.2, 0) is 4.79 Å². The lowest BCUT2D eigenvalue weighted by Gasteiger charge is -2.36. The molecule has 1 N–H and O–H groups in total. The van der Waals surface area contributed by atoms with Crippen LogP contribution in [0.1, 0.15) is 0 Å². The number of hydrogen-bond acceptors (Lipinski definition) is 9. The maximum absolute atomic E-state index is 12.5. The number of carbonyl (C=O) groups excluding carboxylic acids is 1. The molecule has 4 rings (SSSR count). The van der Waals surface area contributed by atoms with Gasteiger partial charge in [0.05, 0.1) is 13.7 Å². The predicted molar refractivity (Wildman–Crippen MR) is 125 cm³/mol. The topological polar surface area (TPSA) is 94.5 Å². The van der Waals surface area contributed by atoms with Gasteiger partial charge in [0.2, 0.25) is 0 Å². The molecule has 0 unspecified atom stereocenters. The highest BCUT2D eigenvalue weighted by molar-refractivity contribution is 5.78. The van der Waals surface area contributed by atoms with Crippen molar-refractivity contribution in [2.75, 3.05) is 89.0 Å². The Hall–Kier alpha value is -3.11. The number of rotatable bonds is 8. The molecule has 1 aromatic heterocycles. The molecule has 1 aromatic carbocycles. The monoisotopic (exact) mass is 456 g/mol. The number of aromatic nitrogens is 2. The van der Waals surface area contributed by atoms with E-state index in [4.69, 9.17) is 14.6 Å². The lowest BCUT2D eigenvalue weighted by molar-refractivity contribution is -0.133. The lowest BCUT2D eigenvalue weighted by atomic mass is 10.3. The molecule has 10 nitrogen and oxygen atoms in total. The van der Waals surface area contributed by atoms with Crippen LogP contribution in [0.25, 0.3) is 0 Å². The summed E-state index contributed by atoms with van der Waals surface area (Å²) < 4.78 is 10.7. The van der Waals surface area contributed by atoms with E-state index >= 15 is 0 Å². The van der Waals surface area contributed by atoms with Gasteiger partial charge in [0.1, 0.15) is 11.5 Å². The minimum atomic E-state index is -0.0211. The third-order valence-corrected chi connectivity index (χ3v) is 6.13. The SMILES string of the molecule is COc1ccc(OCC(=O)N2CCN(c3ccc(N4CCN(CCO)CC4)nn3)CC2)cc1.